The van der Waals surface area contributed by atoms with Crippen molar-refractivity contribution in [2.24, 2.45) is 32.5 Å². The molecule has 4 unspecified atom stereocenters. The molecule has 0 aromatic carbocycles. The molecule has 0 saturated carbocycles. The molecule has 14 heteroatoms. The van der Waals surface area contributed by atoms with Crippen LogP contribution in [0.5, 0.6) is 0 Å². The minimum atomic E-state index is -1.34. The molecule has 0 radical (unpaired) electrons. The fraction of sp³-hybridized carbons (Fsp3) is 0.636. The molecule has 0 spiro atoms. The van der Waals surface area contributed by atoms with E-state index < -0.39 is 24.4 Å². The third kappa shape index (κ3) is 14.7. The van der Waals surface area contributed by atoms with Gasteiger partial charge in [-0.2, -0.15) is 10.2 Å². The lowest BCUT2D eigenvalue weighted by Crippen LogP contribution is -2.45. The maximum absolute atomic E-state index is 9.18. The van der Waals surface area contributed by atoms with Crippen LogP contribution >= 0.6 is 31.9 Å². The fourth-order valence-electron chi connectivity index (χ4n) is 0.995. The number of aliphatic hydroxyl groups is 4. The topological polar surface area (TPSA) is 232 Å². The van der Waals surface area contributed by atoms with Crippen LogP contribution in [0.1, 0.15) is 6.92 Å². The first-order valence-corrected chi connectivity index (χ1v) is 8.91. The second-order valence-electron chi connectivity index (χ2n) is 4.47. The number of nitrogens with zero attached hydrogens (tertiary/aromatic N) is 3. The van der Waals surface area contributed by atoms with Gasteiger partial charge in [-0.15, -0.1) is 5.10 Å². The molecule has 25 heavy (non-hydrogen) atoms. The lowest BCUT2D eigenvalue weighted by Gasteiger charge is -2.24. The number of nitrogens with two attached hydrogens (primary N) is 3. The zero-order valence-corrected chi connectivity index (χ0v) is 16.6. The van der Waals surface area contributed by atoms with Crippen molar-refractivity contribution in [1.82, 2.24) is 5.43 Å². The number of hydrazone groups is 1. The summed E-state index contributed by atoms with van der Waals surface area (Å²) >= 11 is 5.88. The Hall–Kier alpha value is -1.32. The van der Waals surface area contributed by atoms with Gasteiger partial charge in [-0.1, -0.05) is 31.9 Å². The van der Waals surface area contributed by atoms with Gasteiger partial charge in [-0.25, -0.2) is 5.43 Å². The molecule has 0 aromatic heterocycles. The van der Waals surface area contributed by atoms with Gasteiger partial charge in [0, 0.05) is 10.7 Å². The molecule has 0 rings (SSSR count). The molecule has 0 saturated heterocycles. The maximum atomic E-state index is 9.18. The van der Waals surface area contributed by atoms with Gasteiger partial charge in [0.25, 0.3) is 0 Å². The highest BCUT2D eigenvalue weighted by Gasteiger charge is 2.28. The minimum absolute atomic E-state index is 0.132. The summed E-state index contributed by atoms with van der Waals surface area (Å²) < 4.78 is 0. The Morgan fingerprint density at radius 2 is 1.48 bits per heavy atom. The van der Waals surface area contributed by atoms with Crippen LogP contribution in [0.25, 0.3) is 0 Å². The number of hydrogen-bond acceptors (Lipinski definition) is 8. The smallest absolute Gasteiger partial charge is 0.211 e. The summed E-state index contributed by atoms with van der Waals surface area (Å²) in [4.78, 5) is 0. The molecule has 0 aliphatic carbocycles. The van der Waals surface area contributed by atoms with Crippen molar-refractivity contribution >= 4 is 55.7 Å². The Balaban J connectivity index is 0. The van der Waals surface area contributed by atoms with Crippen molar-refractivity contribution in [3.63, 3.8) is 0 Å². The van der Waals surface area contributed by atoms with Gasteiger partial charge < -0.3 is 37.6 Å². The largest absolute Gasteiger partial charge is 0.389 e. The third-order valence-corrected chi connectivity index (χ3v) is 3.54. The van der Waals surface area contributed by atoms with Crippen LogP contribution in [0.4, 0.5) is 0 Å². The molecule has 12 nitrogen and oxygen atoms in total. The van der Waals surface area contributed by atoms with E-state index in [1.54, 1.807) is 6.92 Å². The summed E-state index contributed by atoms with van der Waals surface area (Å²) in [6.45, 7) is 1.64. The Bertz CT molecular complexity index is 459. The first kappa shape index (κ1) is 25.9. The van der Waals surface area contributed by atoms with E-state index in [9.17, 15) is 10.2 Å². The van der Waals surface area contributed by atoms with E-state index in [1.807, 2.05) is 0 Å². The molecule has 0 fully saturated rings. The number of hydrogen-bond donors (Lipinski definition) is 9. The summed E-state index contributed by atoms with van der Waals surface area (Å²) in [5, 5.41) is 54.0. The predicted octanol–water partition coefficient (Wildman–Crippen LogP) is -2.68. The monoisotopic (exact) mass is 490 g/mol. The van der Waals surface area contributed by atoms with Crippen molar-refractivity contribution in [1.29, 1.82) is 5.41 Å². The van der Waals surface area contributed by atoms with Crippen LogP contribution in [-0.2, 0) is 0 Å². The highest BCUT2D eigenvalue weighted by molar-refractivity contribution is 9.09. The van der Waals surface area contributed by atoms with E-state index in [4.69, 9.17) is 32.8 Å². The van der Waals surface area contributed by atoms with Crippen molar-refractivity contribution < 1.29 is 20.4 Å². The lowest BCUT2D eigenvalue weighted by molar-refractivity contribution is -0.0916. The third-order valence-electron chi connectivity index (χ3n) is 2.21. The van der Waals surface area contributed by atoms with Crippen molar-refractivity contribution in [2.75, 3.05) is 10.7 Å². The first-order chi connectivity index (χ1) is 11.6. The summed E-state index contributed by atoms with van der Waals surface area (Å²) in [6.07, 6.45) is -3.50. The summed E-state index contributed by atoms with van der Waals surface area (Å²) in [7, 11) is 0. The summed E-state index contributed by atoms with van der Waals surface area (Å²) in [5.74, 6) is -0.391. The van der Waals surface area contributed by atoms with Crippen molar-refractivity contribution in [2.45, 2.75) is 31.3 Å². The van der Waals surface area contributed by atoms with Gasteiger partial charge in [0.15, 0.2) is 0 Å². The first-order valence-electron chi connectivity index (χ1n) is 6.67. The van der Waals surface area contributed by atoms with Crippen LogP contribution in [-0.4, -0.2) is 79.3 Å². The Morgan fingerprint density at radius 3 is 1.80 bits per heavy atom. The normalized spacial score (nSPS) is 16.2. The maximum Gasteiger partial charge on any atom is 0.211 e. The number of rotatable bonds is 8. The molecule has 12 N–H and O–H groups in total. The molecule has 0 aromatic rings. The zero-order valence-electron chi connectivity index (χ0n) is 13.4. The average Bonchev–Trinajstić information content (AvgIpc) is 2.57. The van der Waals surface area contributed by atoms with Gasteiger partial charge >= 0.3 is 0 Å². The van der Waals surface area contributed by atoms with E-state index in [1.165, 1.54) is 6.21 Å². The van der Waals surface area contributed by atoms with Gasteiger partial charge in [0.2, 0.25) is 11.9 Å². The number of nitrogens with one attached hydrogen (secondary N) is 2. The Labute approximate surface area is 161 Å². The highest BCUT2D eigenvalue weighted by Crippen LogP contribution is 2.08. The summed E-state index contributed by atoms with van der Waals surface area (Å²) in [6, 6.07) is 0. The molecular formula is C11H24Br2N8O4. The second kappa shape index (κ2) is 15.0. The van der Waals surface area contributed by atoms with Gasteiger partial charge in [0.1, 0.15) is 12.2 Å². The van der Waals surface area contributed by atoms with Crippen LogP contribution in [0.3, 0.4) is 0 Å². The van der Waals surface area contributed by atoms with E-state index in [2.05, 4.69) is 52.6 Å². The van der Waals surface area contributed by atoms with Crippen LogP contribution in [0, 0.1) is 5.41 Å². The van der Waals surface area contributed by atoms with Crippen LogP contribution in [0.15, 0.2) is 15.3 Å². The Kier molecular flexibility index (Phi) is 15.5. The zero-order chi connectivity index (χ0) is 20.0. The molecule has 0 bridgehead atoms. The highest BCUT2D eigenvalue weighted by atomic mass is 79.9. The number of guanidine groups is 2. The van der Waals surface area contributed by atoms with E-state index in [-0.39, 0.29) is 22.6 Å². The SMILES string of the molecule is CC(/C=N/NC(=N)N)=N\N=C(N)N.OC(CBr)C(O)C(O)C(O)CBr. The number of halogens is 2. The number of aliphatic hydroxyl groups excluding tert-OH is 4. The molecule has 0 aliphatic heterocycles. The Morgan fingerprint density at radius 1 is 1.04 bits per heavy atom. The van der Waals surface area contributed by atoms with Crippen LogP contribution < -0.4 is 22.6 Å². The molecular weight excluding hydrogens is 468 g/mol. The van der Waals surface area contributed by atoms with Gasteiger partial charge in [-0.3, -0.25) is 5.41 Å². The van der Waals surface area contributed by atoms with Gasteiger partial charge in [-0.05, 0) is 6.92 Å². The van der Waals surface area contributed by atoms with E-state index in [0.29, 0.717) is 5.71 Å². The van der Waals surface area contributed by atoms with E-state index >= 15 is 0 Å². The van der Waals surface area contributed by atoms with Crippen molar-refractivity contribution in [3.8, 4) is 0 Å². The average molecular weight is 492 g/mol. The van der Waals surface area contributed by atoms with Gasteiger partial charge in [0.05, 0.1) is 24.1 Å². The van der Waals surface area contributed by atoms with Crippen LogP contribution in [0.2, 0.25) is 0 Å². The second-order valence-corrected chi connectivity index (χ2v) is 5.77. The molecule has 146 valence electrons. The van der Waals surface area contributed by atoms with E-state index in [0.717, 1.165) is 0 Å². The quantitative estimate of drug-likeness (QED) is 0.0748. The molecule has 4 atom stereocenters. The fourth-order valence-corrected chi connectivity index (χ4v) is 1.76. The molecule has 0 aliphatic rings. The predicted molar refractivity (Wildman–Crippen MR) is 104 cm³/mol. The number of alkyl halides is 2. The standard InChI is InChI=1S/C6H12Br2O4.C5H12N8/c7-1-3(9)5(11)6(12)4(10)2-8;1-3(11-13-5(8)9)2-10-12-4(6)7/h3-6,9-12H,1-2H2;2H,1H3,(H4,6,7,12)(H4,8,9,13)/b;10-2+,11-3+. The molecule has 0 amide bonds. The van der Waals surface area contributed by atoms with Crippen molar-refractivity contribution in [3.05, 3.63) is 0 Å². The minimum Gasteiger partial charge on any atom is -0.389 e. The summed E-state index contributed by atoms with van der Waals surface area (Å²) in [5.41, 5.74) is 17.7. The molecule has 0 heterocycles. The lowest BCUT2D eigenvalue weighted by atomic mass is 10.1.